The standard InChI is InChI=1S/C22H48NO3P/c1-5-7-8-9-10-11-12-13-14-15-16-17-19-23(4)20-18-21-27(24,25)26-22(3)6-2/h22H,5-21H2,1-4H3,(H,24,25). The first kappa shape index (κ1) is 27.1. The number of rotatable bonds is 20. The molecule has 0 spiro atoms. The molecule has 0 aromatic heterocycles. The van der Waals surface area contributed by atoms with E-state index >= 15 is 0 Å². The van der Waals surface area contributed by atoms with E-state index in [9.17, 15) is 9.46 Å². The Kier molecular flexibility index (Phi) is 18.2. The van der Waals surface area contributed by atoms with Gasteiger partial charge in [0.25, 0.3) is 0 Å². The van der Waals surface area contributed by atoms with Gasteiger partial charge in [0.05, 0.1) is 12.3 Å². The topological polar surface area (TPSA) is 49.8 Å². The van der Waals surface area contributed by atoms with E-state index in [4.69, 9.17) is 4.52 Å². The number of nitrogens with zero attached hydrogens (tertiary/aromatic N) is 1. The predicted octanol–water partition coefficient (Wildman–Crippen LogP) is 7.01. The number of hydrogen-bond donors (Lipinski definition) is 1. The van der Waals surface area contributed by atoms with Crippen molar-refractivity contribution in [3.05, 3.63) is 0 Å². The number of unbranched alkanes of at least 4 members (excludes halogenated alkanes) is 11. The summed E-state index contributed by atoms with van der Waals surface area (Å²) in [5.74, 6) is 0. The van der Waals surface area contributed by atoms with Crippen molar-refractivity contribution in [1.29, 1.82) is 0 Å². The van der Waals surface area contributed by atoms with Crippen molar-refractivity contribution in [3.8, 4) is 0 Å². The smallest absolute Gasteiger partial charge is 0.324 e. The van der Waals surface area contributed by atoms with Crippen LogP contribution in [0.15, 0.2) is 0 Å². The predicted molar refractivity (Wildman–Crippen MR) is 119 cm³/mol. The molecule has 1 N–H and O–H groups in total. The van der Waals surface area contributed by atoms with Crippen LogP contribution in [-0.4, -0.2) is 42.2 Å². The van der Waals surface area contributed by atoms with Gasteiger partial charge in [-0.25, -0.2) is 0 Å². The average Bonchev–Trinajstić information content (AvgIpc) is 2.62. The number of hydrogen-bond acceptors (Lipinski definition) is 3. The molecule has 0 fully saturated rings. The minimum atomic E-state index is -3.41. The Hall–Kier alpha value is 0.110. The van der Waals surface area contributed by atoms with Crippen LogP contribution in [0.2, 0.25) is 0 Å². The molecule has 0 amide bonds. The van der Waals surface area contributed by atoms with Gasteiger partial charge in [-0.3, -0.25) is 4.57 Å². The Morgan fingerprint density at radius 2 is 1.26 bits per heavy atom. The SMILES string of the molecule is CCCCCCCCCCCCCCN(C)CCCP(=O)(O)OC(C)CC. The molecule has 0 saturated carbocycles. The van der Waals surface area contributed by atoms with E-state index in [0.717, 1.165) is 25.9 Å². The van der Waals surface area contributed by atoms with Gasteiger partial charge in [0.15, 0.2) is 0 Å². The van der Waals surface area contributed by atoms with Crippen LogP contribution in [0.25, 0.3) is 0 Å². The van der Waals surface area contributed by atoms with Crippen LogP contribution in [0.3, 0.4) is 0 Å². The third-order valence-electron chi connectivity index (χ3n) is 5.29. The van der Waals surface area contributed by atoms with Gasteiger partial charge >= 0.3 is 7.60 Å². The second-order valence-electron chi connectivity index (χ2n) is 8.23. The molecule has 0 bridgehead atoms. The summed E-state index contributed by atoms with van der Waals surface area (Å²) in [4.78, 5) is 12.1. The lowest BCUT2D eigenvalue weighted by Crippen LogP contribution is -2.22. The fourth-order valence-electron chi connectivity index (χ4n) is 3.28. The molecule has 27 heavy (non-hydrogen) atoms. The van der Waals surface area contributed by atoms with Crippen molar-refractivity contribution in [1.82, 2.24) is 4.90 Å². The Balaban J connectivity index is 3.41. The minimum Gasteiger partial charge on any atom is -0.324 e. The van der Waals surface area contributed by atoms with Crippen LogP contribution in [-0.2, 0) is 9.09 Å². The highest BCUT2D eigenvalue weighted by Gasteiger charge is 2.21. The second-order valence-corrected chi connectivity index (χ2v) is 10.2. The van der Waals surface area contributed by atoms with Crippen molar-refractivity contribution >= 4 is 7.60 Å². The Labute approximate surface area is 170 Å². The lowest BCUT2D eigenvalue weighted by Gasteiger charge is -2.19. The van der Waals surface area contributed by atoms with Crippen LogP contribution >= 0.6 is 7.60 Å². The molecule has 0 aromatic rings. The van der Waals surface area contributed by atoms with Gasteiger partial charge in [-0.05, 0) is 46.3 Å². The molecule has 0 aromatic carbocycles. The van der Waals surface area contributed by atoms with E-state index in [0.29, 0.717) is 0 Å². The minimum absolute atomic E-state index is 0.139. The second kappa shape index (κ2) is 18.2. The summed E-state index contributed by atoms with van der Waals surface area (Å²) < 4.78 is 17.2. The molecule has 0 radical (unpaired) electrons. The van der Waals surface area contributed by atoms with Gasteiger partial charge in [0.1, 0.15) is 0 Å². The van der Waals surface area contributed by atoms with Crippen LogP contribution in [0, 0.1) is 0 Å². The van der Waals surface area contributed by atoms with Gasteiger partial charge < -0.3 is 14.3 Å². The molecule has 0 aliphatic carbocycles. The summed E-state index contributed by atoms with van der Waals surface area (Å²) in [6.45, 7) is 8.04. The first-order valence-corrected chi connectivity index (χ1v) is 13.4. The summed E-state index contributed by atoms with van der Waals surface area (Å²) in [7, 11) is -1.30. The van der Waals surface area contributed by atoms with E-state index < -0.39 is 7.60 Å². The van der Waals surface area contributed by atoms with Crippen molar-refractivity contribution < 1.29 is 14.0 Å². The summed E-state index contributed by atoms with van der Waals surface area (Å²) in [5.41, 5.74) is 0. The highest BCUT2D eigenvalue weighted by atomic mass is 31.2. The monoisotopic (exact) mass is 405 g/mol. The van der Waals surface area contributed by atoms with Gasteiger partial charge in [0.2, 0.25) is 0 Å². The maximum absolute atomic E-state index is 12.0. The van der Waals surface area contributed by atoms with E-state index in [2.05, 4.69) is 18.9 Å². The van der Waals surface area contributed by atoms with Gasteiger partial charge in [-0.1, -0.05) is 84.5 Å². The molecule has 0 aliphatic heterocycles. The molecule has 2 atom stereocenters. The zero-order valence-corrected chi connectivity index (χ0v) is 19.7. The van der Waals surface area contributed by atoms with Gasteiger partial charge in [-0.15, -0.1) is 0 Å². The lowest BCUT2D eigenvalue weighted by molar-refractivity contribution is 0.184. The van der Waals surface area contributed by atoms with Gasteiger partial charge in [0, 0.05) is 0 Å². The average molecular weight is 406 g/mol. The maximum Gasteiger partial charge on any atom is 0.328 e. The fraction of sp³-hybridized carbons (Fsp3) is 1.00. The van der Waals surface area contributed by atoms with E-state index in [1.807, 2.05) is 13.8 Å². The molecule has 0 aliphatic rings. The third-order valence-corrected chi connectivity index (χ3v) is 6.86. The van der Waals surface area contributed by atoms with Crippen molar-refractivity contribution in [3.63, 3.8) is 0 Å². The molecule has 5 heteroatoms. The molecular formula is C22H48NO3P. The van der Waals surface area contributed by atoms with Gasteiger partial charge in [-0.2, -0.15) is 0 Å². The van der Waals surface area contributed by atoms with Crippen LogP contribution in [0.1, 0.15) is 111 Å². The summed E-state index contributed by atoms with van der Waals surface area (Å²) in [6, 6.07) is 0. The molecule has 0 rings (SSSR count). The largest absolute Gasteiger partial charge is 0.328 e. The van der Waals surface area contributed by atoms with Crippen LogP contribution in [0.4, 0.5) is 0 Å². The Bertz CT molecular complexity index is 365. The molecule has 4 nitrogen and oxygen atoms in total. The maximum atomic E-state index is 12.0. The normalized spacial score (nSPS) is 15.2. The summed E-state index contributed by atoms with van der Waals surface area (Å²) in [5, 5.41) is 0. The molecule has 0 saturated heterocycles. The van der Waals surface area contributed by atoms with E-state index in [1.165, 1.54) is 77.0 Å². The molecule has 0 heterocycles. The third kappa shape index (κ3) is 19.2. The highest BCUT2D eigenvalue weighted by molar-refractivity contribution is 7.52. The van der Waals surface area contributed by atoms with Crippen LogP contribution in [0.5, 0.6) is 0 Å². The van der Waals surface area contributed by atoms with Crippen molar-refractivity contribution in [2.75, 3.05) is 26.3 Å². The van der Waals surface area contributed by atoms with Crippen molar-refractivity contribution in [2.45, 2.75) is 117 Å². The highest BCUT2D eigenvalue weighted by Crippen LogP contribution is 2.44. The molecule has 2 unspecified atom stereocenters. The summed E-state index contributed by atoms with van der Waals surface area (Å²) in [6.07, 6.45) is 18.1. The molecule has 164 valence electrons. The first-order chi connectivity index (χ1) is 12.9. The Morgan fingerprint density at radius 3 is 1.74 bits per heavy atom. The van der Waals surface area contributed by atoms with E-state index in [-0.39, 0.29) is 12.3 Å². The Morgan fingerprint density at radius 1 is 0.815 bits per heavy atom. The quantitative estimate of drug-likeness (QED) is 0.175. The fourth-order valence-corrected chi connectivity index (χ4v) is 4.64. The lowest BCUT2D eigenvalue weighted by atomic mass is 10.1. The molecular weight excluding hydrogens is 357 g/mol. The van der Waals surface area contributed by atoms with Crippen LogP contribution < -0.4 is 0 Å². The zero-order chi connectivity index (χ0) is 20.4. The zero-order valence-electron chi connectivity index (χ0n) is 18.8. The summed E-state index contributed by atoms with van der Waals surface area (Å²) >= 11 is 0. The first-order valence-electron chi connectivity index (χ1n) is 11.6. The van der Waals surface area contributed by atoms with E-state index in [1.54, 1.807) is 0 Å². The van der Waals surface area contributed by atoms with Crippen molar-refractivity contribution in [2.24, 2.45) is 0 Å².